The van der Waals surface area contributed by atoms with E-state index < -0.39 is 18.5 Å². The Hall–Kier alpha value is -2.86. The highest BCUT2D eigenvalue weighted by Gasteiger charge is 2.12. The van der Waals surface area contributed by atoms with Crippen molar-refractivity contribution < 1.29 is 19.1 Å². The number of carbonyl (C=O) groups is 3. The fourth-order valence-electron chi connectivity index (χ4n) is 2.43. The van der Waals surface area contributed by atoms with Crippen LogP contribution < -0.4 is 10.6 Å². The predicted octanol–water partition coefficient (Wildman–Crippen LogP) is 4.17. The van der Waals surface area contributed by atoms with Crippen molar-refractivity contribution in [2.45, 2.75) is 33.6 Å². The van der Waals surface area contributed by atoms with Gasteiger partial charge in [-0.15, -0.1) is 0 Å². The fourth-order valence-corrected chi connectivity index (χ4v) is 2.60. The summed E-state index contributed by atoms with van der Waals surface area (Å²) in [5.74, 6) is -1.38. The molecule has 148 valence electrons. The number of halogens is 1. The lowest BCUT2D eigenvalue weighted by atomic mass is 10.1. The number of benzene rings is 2. The molecule has 2 amide bonds. The number of aryl methyl sites for hydroxylation is 3. The van der Waals surface area contributed by atoms with Crippen molar-refractivity contribution >= 4 is 40.8 Å². The average molecular weight is 403 g/mol. The van der Waals surface area contributed by atoms with Gasteiger partial charge in [0, 0.05) is 22.8 Å². The summed E-state index contributed by atoms with van der Waals surface area (Å²) in [7, 11) is 0. The first-order valence-corrected chi connectivity index (χ1v) is 9.21. The zero-order chi connectivity index (χ0) is 20.7. The normalized spacial score (nSPS) is 10.3. The third-order valence-electron chi connectivity index (χ3n) is 4.06. The first-order valence-electron chi connectivity index (χ1n) is 8.83. The van der Waals surface area contributed by atoms with E-state index in [-0.39, 0.29) is 18.7 Å². The molecular weight excluding hydrogens is 380 g/mol. The molecule has 0 aliphatic carbocycles. The van der Waals surface area contributed by atoms with Crippen molar-refractivity contribution in [1.82, 2.24) is 0 Å². The quantitative estimate of drug-likeness (QED) is 0.681. The maximum atomic E-state index is 12.0. The Balaban J connectivity index is 1.74. The first-order chi connectivity index (χ1) is 13.2. The van der Waals surface area contributed by atoms with Gasteiger partial charge in [0.15, 0.2) is 6.61 Å². The van der Waals surface area contributed by atoms with Crippen molar-refractivity contribution in [1.29, 1.82) is 0 Å². The van der Waals surface area contributed by atoms with Crippen molar-refractivity contribution in [3.63, 3.8) is 0 Å². The van der Waals surface area contributed by atoms with Gasteiger partial charge in [-0.3, -0.25) is 14.4 Å². The van der Waals surface area contributed by atoms with Gasteiger partial charge in [-0.05, 0) is 55.7 Å². The van der Waals surface area contributed by atoms with Crippen molar-refractivity contribution in [2.75, 3.05) is 17.2 Å². The third kappa shape index (κ3) is 6.70. The second kappa shape index (κ2) is 9.90. The van der Waals surface area contributed by atoms with Crippen LogP contribution in [0.25, 0.3) is 0 Å². The summed E-state index contributed by atoms with van der Waals surface area (Å²) in [4.78, 5) is 35.7. The summed E-state index contributed by atoms with van der Waals surface area (Å²) in [5.41, 5.74) is 4.08. The SMILES string of the molecule is Cc1ccc(C)c(NC(=O)CCC(=O)OCC(=O)Nc2cc(Cl)ccc2C)c1. The molecule has 2 aromatic rings. The molecular formula is C21H23ClN2O4. The highest BCUT2D eigenvalue weighted by molar-refractivity contribution is 6.31. The van der Waals surface area contributed by atoms with Gasteiger partial charge in [0.2, 0.25) is 5.91 Å². The Morgan fingerprint density at radius 1 is 0.857 bits per heavy atom. The molecule has 0 saturated carbocycles. The molecule has 7 heteroatoms. The lowest BCUT2D eigenvalue weighted by molar-refractivity contribution is -0.147. The topological polar surface area (TPSA) is 84.5 Å². The van der Waals surface area contributed by atoms with E-state index in [1.54, 1.807) is 18.2 Å². The highest BCUT2D eigenvalue weighted by Crippen LogP contribution is 2.20. The van der Waals surface area contributed by atoms with Gasteiger partial charge in [-0.2, -0.15) is 0 Å². The minimum absolute atomic E-state index is 0.0266. The minimum Gasteiger partial charge on any atom is -0.456 e. The molecule has 0 unspecified atom stereocenters. The zero-order valence-corrected chi connectivity index (χ0v) is 16.9. The molecule has 0 atom stereocenters. The molecule has 2 aromatic carbocycles. The maximum absolute atomic E-state index is 12.0. The van der Waals surface area contributed by atoms with Gasteiger partial charge < -0.3 is 15.4 Å². The highest BCUT2D eigenvalue weighted by atomic mass is 35.5. The van der Waals surface area contributed by atoms with Crippen LogP contribution in [0, 0.1) is 20.8 Å². The second-order valence-electron chi connectivity index (χ2n) is 6.53. The number of amides is 2. The molecule has 2 N–H and O–H groups in total. The van der Waals surface area contributed by atoms with Gasteiger partial charge in [0.25, 0.3) is 5.91 Å². The van der Waals surface area contributed by atoms with E-state index in [2.05, 4.69) is 10.6 Å². The number of carbonyl (C=O) groups excluding carboxylic acids is 3. The van der Waals surface area contributed by atoms with E-state index in [0.717, 1.165) is 22.4 Å². The number of hydrogen-bond donors (Lipinski definition) is 2. The summed E-state index contributed by atoms with van der Waals surface area (Å²) in [6, 6.07) is 10.9. The van der Waals surface area contributed by atoms with Crippen molar-refractivity contribution in [3.8, 4) is 0 Å². The number of anilines is 2. The molecule has 0 aliphatic heterocycles. The van der Waals surface area contributed by atoms with Gasteiger partial charge in [-0.25, -0.2) is 0 Å². The summed E-state index contributed by atoms with van der Waals surface area (Å²) >= 11 is 5.90. The Morgan fingerprint density at radius 3 is 2.18 bits per heavy atom. The van der Waals surface area contributed by atoms with E-state index in [1.165, 1.54) is 0 Å². The summed E-state index contributed by atoms with van der Waals surface area (Å²) < 4.78 is 4.93. The van der Waals surface area contributed by atoms with Crippen LogP contribution in [0.1, 0.15) is 29.5 Å². The first kappa shape index (κ1) is 21.4. The van der Waals surface area contributed by atoms with Crippen molar-refractivity contribution in [2.24, 2.45) is 0 Å². The number of hydrogen-bond acceptors (Lipinski definition) is 4. The molecule has 6 nitrogen and oxygen atoms in total. The van der Waals surface area contributed by atoms with Gasteiger partial charge >= 0.3 is 5.97 Å². The van der Waals surface area contributed by atoms with Crippen LogP contribution in [0.5, 0.6) is 0 Å². The van der Waals surface area contributed by atoms with Crippen molar-refractivity contribution in [3.05, 3.63) is 58.1 Å². The molecule has 0 aromatic heterocycles. The van der Waals surface area contributed by atoms with E-state index in [1.807, 2.05) is 39.0 Å². The Kier molecular flexibility index (Phi) is 7.58. The number of ether oxygens (including phenoxy) is 1. The number of rotatable bonds is 7. The number of esters is 1. The third-order valence-corrected chi connectivity index (χ3v) is 4.30. The van der Waals surface area contributed by atoms with E-state index in [0.29, 0.717) is 10.7 Å². The van der Waals surface area contributed by atoms with Gasteiger partial charge in [0.05, 0.1) is 6.42 Å². The lowest BCUT2D eigenvalue weighted by Gasteiger charge is -2.10. The van der Waals surface area contributed by atoms with Crippen LogP contribution in [0.2, 0.25) is 5.02 Å². The van der Waals surface area contributed by atoms with Crippen LogP contribution in [-0.2, 0) is 19.1 Å². The van der Waals surface area contributed by atoms with E-state index >= 15 is 0 Å². The summed E-state index contributed by atoms with van der Waals surface area (Å²) in [6.45, 7) is 5.22. The van der Waals surface area contributed by atoms with E-state index in [4.69, 9.17) is 16.3 Å². The molecule has 28 heavy (non-hydrogen) atoms. The molecule has 0 spiro atoms. The smallest absolute Gasteiger partial charge is 0.306 e. The van der Waals surface area contributed by atoms with Gasteiger partial charge in [0.1, 0.15) is 0 Å². The average Bonchev–Trinajstić information content (AvgIpc) is 2.64. The standard InChI is InChI=1S/C21H23ClN2O4/c1-13-4-5-14(2)17(10-13)23-19(25)8-9-21(27)28-12-20(26)24-18-11-16(22)7-6-15(18)3/h4-7,10-11H,8-9,12H2,1-3H3,(H,23,25)(H,24,26). The zero-order valence-electron chi connectivity index (χ0n) is 16.1. The van der Waals surface area contributed by atoms with Crippen LogP contribution in [0.4, 0.5) is 11.4 Å². The van der Waals surface area contributed by atoms with E-state index in [9.17, 15) is 14.4 Å². The summed E-state index contributed by atoms with van der Waals surface area (Å²) in [6.07, 6.45) is -0.137. The molecule has 0 saturated heterocycles. The second-order valence-corrected chi connectivity index (χ2v) is 6.97. The predicted molar refractivity (Wildman–Crippen MR) is 110 cm³/mol. The Morgan fingerprint density at radius 2 is 1.46 bits per heavy atom. The largest absolute Gasteiger partial charge is 0.456 e. The molecule has 2 rings (SSSR count). The molecule has 0 aliphatic rings. The Bertz CT molecular complexity index is 824. The molecule has 0 radical (unpaired) electrons. The maximum Gasteiger partial charge on any atom is 0.306 e. The summed E-state index contributed by atoms with van der Waals surface area (Å²) in [5, 5.41) is 5.91. The fraction of sp³-hybridized carbons (Fsp3) is 0.286. The van der Waals surface area contributed by atoms with Crippen LogP contribution in [-0.4, -0.2) is 24.4 Å². The minimum atomic E-state index is -0.617. The molecule has 0 fully saturated rings. The van der Waals surface area contributed by atoms with Gasteiger partial charge in [-0.1, -0.05) is 29.8 Å². The van der Waals surface area contributed by atoms with Crippen LogP contribution >= 0.6 is 11.6 Å². The Labute approximate surface area is 169 Å². The van der Waals surface area contributed by atoms with Crippen LogP contribution in [0.15, 0.2) is 36.4 Å². The number of nitrogens with one attached hydrogen (secondary N) is 2. The van der Waals surface area contributed by atoms with Crippen LogP contribution in [0.3, 0.4) is 0 Å². The monoisotopic (exact) mass is 402 g/mol. The lowest BCUT2D eigenvalue weighted by Crippen LogP contribution is -2.22. The molecule has 0 bridgehead atoms. The molecule has 0 heterocycles.